The molecule has 0 aromatic heterocycles. The summed E-state index contributed by atoms with van der Waals surface area (Å²) in [5.41, 5.74) is 0. The quantitative estimate of drug-likeness (QED) is 0.382. The molecule has 1 saturated heterocycles. The van der Waals surface area contributed by atoms with Crippen LogP contribution in [0.25, 0.3) is 0 Å². The highest BCUT2D eigenvalue weighted by Crippen LogP contribution is 2.18. The van der Waals surface area contributed by atoms with E-state index in [2.05, 4.69) is 26.2 Å². The maximum atomic E-state index is 6.11. The molecule has 2 nitrogen and oxygen atoms in total. The van der Waals surface area contributed by atoms with Gasteiger partial charge < -0.3 is 8.85 Å². The molecule has 1 heterocycles. The number of hydrogen-bond donors (Lipinski definition) is 0. The highest BCUT2D eigenvalue weighted by molar-refractivity contribution is 6.77. The highest BCUT2D eigenvalue weighted by Gasteiger charge is 2.22. The van der Waals surface area contributed by atoms with Crippen LogP contribution >= 0.6 is 0 Å². The summed E-state index contributed by atoms with van der Waals surface area (Å²) in [6.07, 6.45) is 4.56. The molecule has 0 spiro atoms. The van der Waals surface area contributed by atoms with Gasteiger partial charge in [-0.15, -0.1) is 0 Å². The molecule has 0 radical (unpaired) electrons. The SMILES string of the molecule is C[SiH](CCCCC1CO1)O[Si](C)(C)C. The molecule has 0 aliphatic carbocycles. The van der Waals surface area contributed by atoms with Gasteiger partial charge in [-0.25, -0.2) is 0 Å². The summed E-state index contributed by atoms with van der Waals surface area (Å²) in [5.74, 6) is 0. The Hall–Kier alpha value is 0.354. The van der Waals surface area contributed by atoms with Gasteiger partial charge >= 0.3 is 0 Å². The zero-order chi connectivity index (χ0) is 10.6. The van der Waals surface area contributed by atoms with Crippen molar-refractivity contribution >= 4 is 17.4 Å². The van der Waals surface area contributed by atoms with Crippen LogP contribution in [0.15, 0.2) is 0 Å². The van der Waals surface area contributed by atoms with Crippen LogP contribution in [-0.2, 0) is 8.85 Å². The van der Waals surface area contributed by atoms with E-state index in [1.54, 1.807) is 0 Å². The molecule has 0 N–H and O–H groups in total. The Labute approximate surface area is 90.9 Å². The van der Waals surface area contributed by atoms with Gasteiger partial charge in [0, 0.05) is 0 Å². The topological polar surface area (TPSA) is 21.8 Å². The van der Waals surface area contributed by atoms with Crippen molar-refractivity contribution in [2.75, 3.05) is 6.61 Å². The van der Waals surface area contributed by atoms with Crippen molar-refractivity contribution < 1.29 is 8.85 Å². The maximum Gasteiger partial charge on any atom is 0.170 e. The van der Waals surface area contributed by atoms with Crippen molar-refractivity contribution in [3.8, 4) is 0 Å². The van der Waals surface area contributed by atoms with Crippen molar-refractivity contribution in [1.29, 1.82) is 0 Å². The van der Waals surface area contributed by atoms with E-state index >= 15 is 0 Å². The average molecular weight is 232 g/mol. The van der Waals surface area contributed by atoms with Crippen molar-refractivity contribution in [3.05, 3.63) is 0 Å². The fourth-order valence-electron chi connectivity index (χ4n) is 1.70. The summed E-state index contributed by atoms with van der Waals surface area (Å²) in [6, 6.07) is 1.34. The zero-order valence-electron chi connectivity index (χ0n) is 10.0. The Balaban J connectivity index is 1.93. The minimum atomic E-state index is -1.25. The summed E-state index contributed by atoms with van der Waals surface area (Å²) in [7, 11) is -2.10. The van der Waals surface area contributed by atoms with Gasteiger partial charge in [0.15, 0.2) is 17.4 Å². The first kappa shape index (κ1) is 12.4. The zero-order valence-corrected chi connectivity index (χ0v) is 12.2. The number of rotatable bonds is 7. The molecule has 1 aliphatic rings. The van der Waals surface area contributed by atoms with E-state index in [4.69, 9.17) is 8.85 Å². The third-order valence-electron chi connectivity index (χ3n) is 2.34. The lowest BCUT2D eigenvalue weighted by Crippen LogP contribution is -2.32. The molecule has 1 fully saturated rings. The molecule has 84 valence electrons. The minimum absolute atomic E-state index is 0.616. The molecule has 2 unspecified atom stereocenters. The van der Waals surface area contributed by atoms with Crippen LogP contribution in [0.4, 0.5) is 0 Å². The van der Waals surface area contributed by atoms with E-state index in [0.29, 0.717) is 6.10 Å². The van der Waals surface area contributed by atoms with E-state index in [1.165, 1.54) is 25.3 Å². The molecule has 1 rings (SSSR count). The Morgan fingerprint density at radius 2 is 2.00 bits per heavy atom. The van der Waals surface area contributed by atoms with Gasteiger partial charge in [0.25, 0.3) is 0 Å². The predicted octanol–water partition coefficient (Wildman–Crippen LogP) is 2.76. The van der Waals surface area contributed by atoms with E-state index in [0.717, 1.165) is 6.61 Å². The highest BCUT2D eigenvalue weighted by atomic mass is 28.4. The van der Waals surface area contributed by atoms with Crippen molar-refractivity contribution in [2.24, 2.45) is 0 Å². The van der Waals surface area contributed by atoms with Gasteiger partial charge in [0.2, 0.25) is 0 Å². The van der Waals surface area contributed by atoms with Gasteiger partial charge in [-0.1, -0.05) is 12.8 Å². The van der Waals surface area contributed by atoms with Crippen LogP contribution in [0.5, 0.6) is 0 Å². The molecule has 1 aliphatic heterocycles. The van der Waals surface area contributed by atoms with Crippen LogP contribution in [0.2, 0.25) is 32.2 Å². The van der Waals surface area contributed by atoms with Crippen LogP contribution < -0.4 is 0 Å². The second-order valence-electron chi connectivity index (χ2n) is 5.28. The van der Waals surface area contributed by atoms with Crippen LogP contribution in [0.1, 0.15) is 19.3 Å². The van der Waals surface area contributed by atoms with Gasteiger partial charge in [-0.05, 0) is 38.7 Å². The largest absolute Gasteiger partial charge is 0.458 e. The second-order valence-corrected chi connectivity index (χ2v) is 12.6. The number of hydrogen-bond acceptors (Lipinski definition) is 2. The van der Waals surface area contributed by atoms with Crippen molar-refractivity contribution in [2.45, 2.75) is 57.6 Å². The fourth-order valence-corrected chi connectivity index (χ4v) is 7.86. The van der Waals surface area contributed by atoms with E-state index in [9.17, 15) is 0 Å². The standard InChI is InChI=1S/C10H24O2Si2/c1-13(12-14(2,3)4)8-6-5-7-10-9-11-10/h10,13H,5-9H2,1-4H3. The molecule has 2 atom stereocenters. The maximum absolute atomic E-state index is 6.11. The first-order valence-electron chi connectivity index (χ1n) is 5.77. The molecular weight excluding hydrogens is 208 g/mol. The van der Waals surface area contributed by atoms with Crippen LogP contribution in [0, 0.1) is 0 Å². The monoisotopic (exact) mass is 232 g/mol. The average Bonchev–Trinajstić information content (AvgIpc) is 2.77. The Bertz CT molecular complexity index is 164. The molecule has 4 heteroatoms. The molecule has 0 saturated carbocycles. The molecule has 0 aromatic carbocycles. The van der Waals surface area contributed by atoms with Gasteiger partial charge in [-0.3, -0.25) is 0 Å². The smallest absolute Gasteiger partial charge is 0.170 e. The van der Waals surface area contributed by atoms with E-state index in [-0.39, 0.29) is 0 Å². The first-order chi connectivity index (χ1) is 6.47. The molecule has 0 bridgehead atoms. The van der Waals surface area contributed by atoms with Crippen LogP contribution in [0.3, 0.4) is 0 Å². The summed E-state index contributed by atoms with van der Waals surface area (Å²) in [6.45, 7) is 10.2. The predicted molar refractivity (Wildman–Crippen MR) is 65.8 cm³/mol. The molecular formula is C10H24O2Si2. The third kappa shape index (κ3) is 6.76. The molecule has 14 heavy (non-hydrogen) atoms. The lowest BCUT2D eigenvalue weighted by molar-refractivity contribution is 0.390. The summed E-state index contributed by atoms with van der Waals surface area (Å²) in [4.78, 5) is 0. The van der Waals surface area contributed by atoms with Gasteiger partial charge in [0.05, 0.1) is 12.7 Å². The summed E-state index contributed by atoms with van der Waals surface area (Å²) < 4.78 is 11.3. The van der Waals surface area contributed by atoms with Gasteiger partial charge in [-0.2, -0.15) is 0 Å². The van der Waals surface area contributed by atoms with Crippen molar-refractivity contribution in [1.82, 2.24) is 0 Å². The number of ether oxygens (including phenoxy) is 1. The second kappa shape index (κ2) is 5.44. The minimum Gasteiger partial charge on any atom is -0.458 e. The normalized spacial score (nSPS) is 23.6. The van der Waals surface area contributed by atoms with Gasteiger partial charge in [0.1, 0.15) is 0 Å². The summed E-state index contributed by atoms with van der Waals surface area (Å²) in [5, 5.41) is 0. The lowest BCUT2D eigenvalue weighted by Gasteiger charge is -2.22. The summed E-state index contributed by atoms with van der Waals surface area (Å²) >= 11 is 0. The first-order valence-corrected chi connectivity index (χ1v) is 11.6. The fraction of sp³-hybridized carbons (Fsp3) is 1.00. The van der Waals surface area contributed by atoms with E-state index < -0.39 is 17.4 Å². The number of epoxide rings is 1. The number of unbranched alkanes of at least 4 members (excludes halogenated alkanes) is 1. The molecule has 0 amide bonds. The third-order valence-corrected chi connectivity index (χ3v) is 8.00. The molecule has 0 aromatic rings. The lowest BCUT2D eigenvalue weighted by atomic mass is 10.2. The van der Waals surface area contributed by atoms with E-state index in [1.807, 2.05) is 0 Å². The van der Waals surface area contributed by atoms with Crippen LogP contribution in [-0.4, -0.2) is 30.1 Å². The van der Waals surface area contributed by atoms with Crippen molar-refractivity contribution in [3.63, 3.8) is 0 Å². The Kier molecular flexibility index (Phi) is 4.83. The Morgan fingerprint density at radius 3 is 2.50 bits per heavy atom. The Morgan fingerprint density at radius 1 is 1.36 bits per heavy atom.